The zero-order valence-electron chi connectivity index (χ0n) is 13.6. The highest BCUT2D eigenvalue weighted by atomic mass is 79.9. The number of nitrogens with one attached hydrogen (secondary N) is 1. The quantitative estimate of drug-likeness (QED) is 0.805. The standard InChI is InChI=1S/C19H17BrN2O3/c1-21-19(24)17-12-22(15-8-4-5-9-16(15)25-17)18(23)11-10-13-6-2-3-7-14(13)20/h2-11,17H,12H2,1H3,(H,21,24)/b11-10+/t17-/m0/s1. The molecule has 1 atom stereocenters. The van der Waals surface area contributed by atoms with Gasteiger partial charge in [0.2, 0.25) is 0 Å². The molecular weight excluding hydrogens is 384 g/mol. The number of ether oxygens (including phenoxy) is 1. The van der Waals surface area contributed by atoms with Gasteiger partial charge >= 0.3 is 0 Å². The lowest BCUT2D eigenvalue weighted by Crippen LogP contribution is -2.49. The second-order valence-electron chi connectivity index (χ2n) is 5.49. The molecule has 5 nitrogen and oxygen atoms in total. The number of likely N-dealkylation sites (N-methyl/N-ethyl adjacent to an activating group) is 1. The predicted octanol–water partition coefficient (Wildman–Crippen LogP) is 3.00. The third-order valence-corrected chi connectivity index (χ3v) is 4.61. The van der Waals surface area contributed by atoms with Crippen molar-refractivity contribution in [3.05, 3.63) is 64.6 Å². The van der Waals surface area contributed by atoms with E-state index in [-0.39, 0.29) is 18.4 Å². The van der Waals surface area contributed by atoms with E-state index < -0.39 is 6.10 Å². The summed E-state index contributed by atoms with van der Waals surface area (Å²) in [4.78, 5) is 26.3. The molecule has 2 aromatic rings. The van der Waals surface area contributed by atoms with Crippen LogP contribution < -0.4 is 15.0 Å². The second-order valence-corrected chi connectivity index (χ2v) is 6.35. The van der Waals surface area contributed by atoms with Gasteiger partial charge in [0.25, 0.3) is 11.8 Å². The third kappa shape index (κ3) is 3.74. The smallest absolute Gasteiger partial charge is 0.262 e. The van der Waals surface area contributed by atoms with E-state index in [9.17, 15) is 9.59 Å². The Bertz CT molecular complexity index is 835. The highest BCUT2D eigenvalue weighted by molar-refractivity contribution is 9.10. The largest absolute Gasteiger partial charge is 0.477 e. The maximum absolute atomic E-state index is 12.7. The molecule has 0 aromatic heterocycles. The molecular formula is C19H17BrN2O3. The summed E-state index contributed by atoms with van der Waals surface area (Å²) in [6.45, 7) is 0.163. The summed E-state index contributed by atoms with van der Waals surface area (Å²) in [5.74, 6) is 0.0486. The van der Waals surface area contributed by atoms with Crippen LogP contribution in [0.3, 0.4) is 0 Å². The molecule has 3 rings (SSSR count). The number of rotatable bonds is 3. The number of hydrogen-bond acceptors (Lipinski definition) is 3. The van der Waals surface area contributed by atoms with Crippen molar-refractivity contribution in [2.45, 2.75) is 6.10 Å². The highest BCUT2D eigenvalue weighted by Crippen LogP contribution is 2.33. The van der Waals surface area contributed by atoms with Crippen LogP contribution in [0.15, 0.2) is 59.1 Å². The Morgan fingerprint density at radius 3 is 2.68 bits per heavy atom. The van der Waals surface area contributed by atoms with Crippen LogP contribution >= 0.6 is 15.9 Å². The molecule has 6 heteroatoms. The van der Waals surface area contributed by atoms with Crippen LogP contribution in [0.25, 0.3) is 6.08 Å². The molecule has 0 saturated carbocycles. The Morgan fingerprint density at radius 1 is 1.20 bits per heavy atom. The summed E-state index contributed by atoms with van der Waals surface area (Å²) < 4.78 is 6.62. The van der Waals surface area contributed by atoms with Gasteiger partial charge in [0.1, 0.15) is 5.75 Å². The predicted molar refractivity (Wildman–Crippen MR) is 100 cm³/mol. The monoisotopic (exact) mass is 400 g/mol. The van der Waals surface area contributed by atoms with Crippen molar-refractivity contribution >= 4 is 39.5 Å². The molecule has 0 saturated heterocycles. The van der Waals surface area contributed by atoms with Gasteiger partial charge in [-0.05, 0) is 29.8 Å². The van der Waals surface area contributed by atoms with Gasteiger partial charge in [-0.3, -0.25) is 9.59 Å². The van der Waals surface area contributed by atoms with Crippen LogP contribution in [0, 0.1) is 0 Å². The topological polar surface area (TPSA) is 58.6 Å². The van der Waals surface area contributed by atoms with Crippen LogP contribution in [0.4, 0.5) is 5.69 Å². The third-order valence-electron chi connectivity index (χ3n) is 3.89. The number of benzene rings is 2. The Hall–Kier alpha value is -2.60. The first-order valence-electron chi connectivity index (χ1n) is 7.81. The van der Waals surface area contributed by atoms with Crippen molar-refractivity contribution in [2.24, 2.45) is 0 Å². The number of carbonyl (C=O) groups is 2. The molecule has 25 heavy (non-hydrogen) atoms. The average molecular weight is 401 g/mol. The lowest BCUT2D eigenvalue weighted by atomic mass is 10.1. The Morgan fingerprint density at radius 2 is 1.92 bits per heavy atom. The molecule has 0 unspecified atom stereocenters. The van der Waals surface area contributed by atoms with Gasteiger partial charge in [0.05, 0.1) is 12.2 Å². The molecule has 128 valence electrons. The van der Waals surface area contributed by atoms with E-state index >= 15 is 0 Å². The van der Waals surface area contributed by atoms with Crippen LogP contribution in [0.5, 0.6) is 5.75 Å². The lowest BCUT2D eigenvalue weighted by molar-refractivity contribution is -0.127. The minimum Gasteiger partial charge on any atom is -0.477 e. The summed E-state index contributed by atoms with van der Waals surface area (Å²) in [7, 11) is 1.55. The van der Waals surface area contributed by atoms with Crippen molar-refractivity contribution in [3.8, 4) is 5.75 Å². The zero-order chi connectivity index (χ0) is 17.8. The number of hydrogen-bond donors (Lipinski definition) is 1. The lowest BCUT2D eigenvalue weighted by Gasteiger charge is -2.33. The molecule has 0 fully saturated rings. The first kappa shape index (κ1) is 17.2. The van der Waals surface area contributed by atoms with Crippen molar-refractivity contribution in [3.63, 3.8) is 0 Å². The molecule has 0 radical (unpaired) electrons. The van der Waals surface area contributed by atoms with Gasteiger partial charge in [-0.1, -0.05) is 46.3 Å². The molecule has 0 bridgehead atoms. The van der Waals surface area contributed by atoms with E-state index in [1.807, 2.05) is 36.4 Å². The fourth-order valence-corrected chi connectivity index (χ4v) is 3.02. The first-order chi connectivity index (χ1) is 12.1. The van der Waals surface area contributed by atoms with E-state index in [2.05, 4.69) is 21.2 Å². The molecule has 1 heterocycles. The number of halogens is 1. The Balaban J connectivity index is 1.88. The Kier molecular flexibility index (Phi) is 5.19. The van der Waals surface area contributed by atoms with Crippen molar-refractivity contribution in [1.29, 1.82) is 0 Å². The minimum absolute atomic E-state index is 0.163. The maximum atomic E-state index is 12.7. The average Bonchev–Trinajstić information content (AvgIpc) is 2.65. The molecule has 0 spiro atoms. The highest BCUT2D eigenvalue weighted by Gasteiger charge is 2.32. The summed E-state index contributed by atoms with van der Waals surface area (Å²) in [5.41, 5.74) is 1.56. The zero-order valence-corrected chi connectivity index (χ0v) is 15.2. The van der Waals surface area contributed by atoms with Crippen LogP contribution in [-0.4, -0.2) is 31.5 Å². The maximum Gasteiger partial charge on any atom is 0.262 e. The molecule has 1 aliphatic heterocycles. The molecule has 2 aromatic carbocycles. The van der Waals surface area contributed by atoms with E-state index in [4.69, 9.17) is 4.74 Å². The van der Waals surface area contributed by atoms with Crippen molar-refractivity contribution < 1.29 is 14.3 Å². The summed E-state index contributed by atoms with van der Waals surface area (Å²) in [6.07, 6.45) is 2.52. The summed E-state index contributed by atoms with van der Waals surface area (Å²) >= 11 is 3.46. The fourth-order valence-electron chi connectivity index (χ4n) is 2.60. The first-order valence-corrected chi connectivity index (χ1v) is 8.61. The van der Waals surface area contributed by atoms with Crippen LogP contribution in [0.1, 0.15) is 5.56 Å². The molecule has 2 amide bonds. The fraction of sp³-hybridized carbons (Fsp3) is 0.158. The van der Waals surface area contributed by atoms with Gasteiger partial charge in [-0.15, -0.1) is 0 Å². The van der Waals surface area contributed by atoms with Crippen LogP contribution in [0.2, 0.25) is 0 Å². The normalized spacial score (nSPS) is 16.2. The van der Waals surface area contributed by atoms with Gasteiger partial charge in [-0.25, -0.2) is 0 Å². The number of nitrogens with zero attached hydrogens (tertiary/aromatic N) is 1. The molecule has 1 N–H and O–H groups in total. The number of amides is 2. The molecule has 0 aliphatic carbocycles. The van der Waals surface area contributed by atoms with Crippen LogP contribution in [-0.2, 0) is 9.59 Å². The van der Waals surface area contributed by atoms with E-state index in [0.717, 1.165) is 10.0 Å². The second kappa shape index (κ2) is 7.53. The van der Waals surface area contributed by atoms with Gasteiger partial charge < -0.3 is 15.0 Å². The number of anilines is 1. The minimum atomic E-state index is -0.735. The Labute approximate surface area is 154 Å². The number of para-hydroxylation sites is 2. The van der Waals surface area contributed by atoms with Crippen molar-refractivity contribution in [1.82, 2.24) is 5.32 Å². The molecule has 1 aliphatic rings. The SMILES string of the molecule is CNC(=O)[C@@H]1CN(C(=O)/C=C/c2ccccc2Br)c2ccccc2O1. The van der Waals surface area contributed by atoms with E-state index in [1.165, 1.54) is 6.08 Å². The van der Waals surface area contributed by atoms with Gasteiger partial charge in [0, 0.05) is 17.6 Å². The summed E-state index contributed by atoms with van der Waals surface area (Å²) in [5, 5.41) is 2.56. The van der Waals surface area contributed by atoms with E-state index in [1.54, 1.807) is 30.2 Å². The van der Waals surface area contributed by atoms with Crippen molar-refractivity contribution in [2.75, 3.05) is 18.5 Å². The number of carbonyl (C=O) groups excluding carboxylic acids is 2. The number of fused-ring (bicyclic) bond motifs is 1. The summed E-state index contributed by atoms with van der Waals surface area (Å²) in [6, 6.07) is 14.8. The van der Waals surface area contributed by atoms with Gasteiger partial charge in [-0.2, -0.15) is 0 Å². The van der Waals surface area contributed by atoms with E-state index in [0.29, 0.717) is 11.4 Å². The van der Waals surface area contributed by atoms with Gasteiger partial charge in [0.15, 0.2) is 6.10 Å².